The van der Waals surface area contributed by atoms with Crippen LogP contribution in [-0.4, -0.2) is 31.9 Å². The van der Waals surface area contributed by atoms with Gasteiger partial charge in [0.15, 0.2) is 5.82 Å². The van der Waals surface area contributed by atoms with E-state index in [4.69, 9.17) is 4.52 Å². The Balaban J connectivity index is 1.87. The molecule has 1 aromatic carbocycles. The summed E-state index contributed by atoms with van der Waals surface area (Å²) in [6.07, 6.45) is 0. The topological polar surface area (TPSA) is 131 Å². The number of benzene rings is 1. The maximum atomic E-state index is 12.9. The molecule has 27 heavy (non-hydrogen) atoms. The summed E-state index contributed by atoms with van der Waals surface area (Å²) < 4.78 is 5.18. The molecule has 1 aliphatic rings. The molecule has 2 aromatic rings. The number of aromatic nitrogens is 2. The van der Waals surface area contributed by atoms with E-state index in [9.17, 15) is 19.7 Å². The minimum absolute atomic E-state index is 0.158. The zero-order valence-electron chi connectivity index (χ0n) is 15.3. The van der Waals surface area contributed by atoms with Crippen molar-refractivity contribution in [3.8, 4) is 0 Å². The molecule has 0 radical (unpaired) electrons. The van der Waals surface area contributed by atoms with Crippen LogP contribution in [0.25, 0.3) is 0 Å². The van der Waals surface area contributed by atoms with Gasteiger partial charge in [-0.25, -0.2) is 4.79 Å². The summed E-state index contributed by atoms with van der Waals surface area (Å²) >= 11 is 0. The van der Waals surface area contributed by atoms with Gasteiger partial charge in [-0.2, -0.15) is 4.98 Å². The minimum Gasteiger partial charge on any atom is -0.339 e. The third-order valence-electron chi connectivity index (χ3n) is 4.32. The standard InChI is InChI=1S/C17H19N5O5/c1-16(2,3)13-18-12(20-27-13)9-21-14(23)17(4,19-15(21)24)10-6-5-7-11(8-10)22(25)26/h5-8H,9H2,1-4H3,(H,19,24)/t17-/m0/s1. The molecule has 0 unspecified atom stereocenters. The molecule has 1 aromatic heterocycles. The van der Waals surface area contributed by atoms with Gasteiger partial charge in [-0.1, -0.05) is 38.1 Å². The van der Waals surface area contributed by atoms with Gasteiger partial charge >= 0.3 is 6.03 Å². The van der Waals surface area contributed by atoms with Crippen molar-refractivity contribution in [3.63, 3.8) is 0 Å². The van der Waals surface area contributed by atoms with Crippen molar-refractivity contribution in [2.24, 2.45) is 0 Å². The summed E-state index contributed by atoms with van der Waals surface area (Å²) in [4.78, 5) is 40.9. The average Bonchev–Trinajstić information content (AvgIpc) is 3.15. The van der Waals surface area contributed by atoms with Crippen molar-refractivity contribution in [2.45, 2.75) is 45.2 Å². The number of nitrogens with one attached hydrogen (secondary N) is 1. The fraction of sp³-hybridized carbons (Fsp3) is 0.412. The Morgan fingerprint density at radius 3 is 2.63 bits per heavy atom. The van der Waals surface area contributed by atoms with Crippen molar-refractivity contribution < 1.29 is 19.0 Å². The van der Waals surface area contributed by atoms with Crippen LogP contribution in [0, 0.1) is 10.1 Å². The monoisotopic (exact) mass is 373 g/mol. The first-order valence-corrected chi connectivity index (χ1v) is 8.24. The predicted octanol–water partition coefficient (Wildman–Crippen LogP) is 2.24. The number of imide groups is 1. The van der Waals surface area contributed by atoms with Crippen LogP contribution >= 0.6 is 0 Å². The number of non-ortho nitro benzene ring substituents is 1. The summed E-state index contributed by atoms with van der Waals surface area (Å²) in [7, 11) is 0. The number of hydrogen-bond acceptors (Lipinski definition) is 7. The summed E-state index contributed by atoms with van der Waals surface area (Å²) in [5.74, 6) is 0.0489. The summed E-state index contributed by atoms with van der Waals surface area (Å²) in [5.41, 5.74) is -1.62. The molecule has 1 N–H and O–H groups in total. The first-order valence-electron chi connectivity index (χ1n) is 8.24. The van der Waals surface area contributed by atoms with Gasteiger partial charge in [-0.15, -0.1) is 0 Å². The van der Waals surface area contributed by atoms with Gasteiger partial charge in [0.25, 0.3) is 11.6 Å². The Morgan fingerprint density at radius 2 is 2.04 bits per heavy atom. The number of nitrogens with zero attached hydrogens (tertiary/aromatic N) is 4. The van der Waals surface area contributed by atoms with Crippen LogP contribution in [0.5, 0.6) is 0 Å². The molecule has 1 fully saturated rings. The number of rotatable bonds is 4. The smallest absolute Gasteiger partial charge is 0.325 e. The zero-order valence-corrected chi connectivity index (χ0v) is 15.3. The zero-order chi connectivity index (χ0) is 20.0. The van der Waals surface area contributed by atoms with E-state index < -0.39 is 22.4 Å². The van der Waals surface area contributed by atoms with Gasteiger partial charge in [0.05, 0.1) is 11.5 Å². The highest BCUT2D eigenvalue weighted by atomic mass is 16.6. The highest BCUT2D eigenvalue weighted by molar-refractivity contribution is 6.07. The lowest BCUT2D eigenvalue weighted by atomic mass is 9.91. The lowest BCUT2D eigenvalue weighted by Crippen LogP contribution is -2.40. The molecule has 1 saturated heterocycles. The van der Waals surface area contributed by atoms with Crippen LogP contribution in [0.2, 0.25) is 0 Å². The van der Waals surface area contributed by atoms with Gasteiger partial charge in [0, 0.05) is 17.5 Å². The van der Waals surface area contributed by atoms with Gasteiger partial charge in [-0.05, 0) is 12.5 Å². The summed E-state index contributed by atoms with van der Waals surface area (Å²) in [5, 5.41) is 17.4. The summed E-state index contributed by atoms with van der Waals surface area (Å²) in [6, 6.07) is 4.99. The molecule has 142 valence electrons. The van der Waals surface area contributed by atoms with Crippen LogP contribution in [-0.2, 0) is 22.3 Å². The maximum absolute atomic E-state index is 12.9. The van der Waals surface area contributed by atoms with Crippen LogP contribution in [0.1, 0.15) is 45.0 Å². The average molecular weight is 373 g/mol. The fourth-order valence-corrected chi connectivity index (χ4v) is 2.73. The van der Waals surface area contributed by atoms with E-state index in [0.717, 1.165) is 4.90 Å². The lowest BCUT2D eigenvalue weighted by molar-refractivity contribution is -0.385. The van der Waals surface area contributed by atoms with E-state index in [1.54, 1.807) is 6.07 Å². The number of urea groups is 1. The number of nitro groups is 1. The molecule has 0 bridgehead atoms. The Morgan fingerprint density at radius 1 is 1.33 bits per heavy atom. The highest BCUT2D eigenvalue weighted by Gasteiger charge is 2.49. The Bertz CT molecular complexity index is 932. The van der Waals surface area contributed by atoms with Crippen molar-refractivity contribution >= 4 is 17.6 Å². The predicted molar refractivity (Wildman–Crippen MR) is 92.5 cm³/mol. The molecule has 1 atom stereocenters. The molecule has 3 amide bonds. The first kappa shape index (κ1) is 18.5. The molecular weight excluding hydrogens is 354 g/mol. The van der Waals surface area contributed by atoms with Crippen molar-refractivity contribution in [2.75, 3.05) is 0 Å². The molecule has 10 nitrogen and oxygen atoms in total. The van der Waals surface area contributed by atoms with Crippen LogP contribution < -0.4 is 5.32 Å². The fourth-order valence-electron chi connectivity index (χ4n) is 2.73. The van der Waals surface area contributed by atoms with Gasteiger partial charge in [0.2, 0.25) is 5.89 Å². The molecule has 2 heterocycles. The van der Waals surface area contributed by atoms with Crippen molar-refractivity contribution in [1.82, 2.24) is 20.4 Å². The van der Waals surface area contributed by atoms with E-state index in [1.165, 1.54) is 25.1 Å². The number of carbonyl (C=O) groups is 2. The van der Waals surface area contributed by atoms with E-state index in [0.29, 0.717) is 11.5 Å². The van der Waals surface area contributed by atoms with Crippen molar-refractivity contribution in [1.29, 1.82) is 0 Å². The SMILES string of the molecule is CC(C)(C)c1nc(CN2C(=O)N[C@@](C)(c3cccc([N+](=O)[O-])c3)C2=O)no1. The van der Waals surface area contributed by atoms with Gasteiger partial charge < -0.3 is 9.84 Å². The lowest BCUT2D eigenvalue weighted by Gasteiger charge is -2.21. The molecule has 0 spiro atoms. The van der Waals surface area contributed by atoms with Crippen LogP contribution in [0.15, 0.2) is 28.8 Å². The largest absolute Gasteiger partial charge is 0.339 e. The van der Waals surface area contributed by atoms with Gasteiger partial charge in [-0.3, -0.25) is 19.8 Å². The third-order valence-corrected chi connectivity index (χ3v) is 4.32. The van der Waals surface area contributed by atoms with E-state index >= 15 is 0 Å². The molecule has 3 rings (SSSR count). The van der Waals surface area contributed by atoms with Crippen LogP contribution in [0.3, 0.4) is 0 Å². The second-order valence-electron chi connectivity index (χ2n) is 7.52. The molecule has 0 saturated carbocycles. The number of amides is 3. The molecule has 0 aliphatic carbocycles. The quantitative estimate of drug-likeness (QED) is 0.494. The number of carbonyl (C=O) groups excluding carboxylic acids is 2. The molecule has 10 heteroatoms. The molecule has 1 aliphatic heterocycles. The highest BCUT2D eigenvalue weighted by Crippen LogP contribution is 2.31. The molecular formula is C17H19N5O5. The minimum atomic E-state index is -1.42. The second kappa shape index (κ2) is 6.15. The maximum Gasteiger partial charge on any atom is 0.325 e. The van der Waals surface area contributed by atoms with Gasteiger partial charge in [0.1, 0.15) is 5.54 Å². The Kier molecular flexibility index (Phi) is 4.21. The van der Waals surface area contributed by atoms with E-state index in [2.05, 4.69) is 15.5 Å². The Hall–Kier alpha value is -3.30. The number of hydrogen-bond donors (Lipinski definition) is 1. The van der Waals surface area contributed by atoms with E-state index in [-0.39, 0.29) is 23.5 Å². The van der Waals surface area contributed by atoms with E-state index in [1.807, 2.05) is 20.8 Å². The third kappa shape index (κ3) is 3.25. The van der Waals surface area contributed by atoms with Crippen molar-refractivity contribution in [3.05, 3.63) is 51.7 Å². The number of nitro benzene ring substituents is 1. The summed E-state index contributed by atoms with van der Waals surface area (Å²) in [6.45, 7) is 7.05. The second-order valence-corrected chi connectivity index (χ2v) is 7.52. The first-order chi connectivity index (χ1) is 12.5. The van der Waals surface area contributed by atoms with Crippen LogP contribution in [0.4, 0.5) is 10.5 Å². The normalized spacial score (nSPS) is 20.1. The Labute approximate surface area is 154 Å².